The minimum absolute atomic E-state index is 0.586. The van der Waals surface area contributed by atoms with E-state index in [0.717, 1.165) is 23.1 Å². The van der Waals surface area contributed by atoms with E-state index in [1.54, 1.807) is 0 Å². The van der Waals surface area contributed by atoms with Gasteiger partial charge in [-0.1, -0.05) is 23.7 Å². The Morgan fingerprint density at radius 3 is 2.50 bits per heavy atom. The van der Waals surface area contributed by atoms with Crippen LogP contribution in [0.25, 0.3) is 0 Å². The molecule has 0 aromatic heterocycles. The fourth-order valence-corrected chi connectivity index (χ4v) is 4.02. The van der Waals surface area contributed by atoms with Gasteiger partial charge in [0.25, 0.3) is 0 Å². The van der Waals surface area contributed by atoms with Crippen molar-refractivity contribution in [1.29, 1.82) is 0 Å². The number of ether oxygens (including phenoxy) is 1. The van der Waals surface area contributed by atoms with E-state index in [0.29, 0.717) is 5.41 Å². The number of hydrogen-bond donors (Lipinski definition) is 1. The molecule has 4 heteroatoms. The van der Waals surface area contributed by atoms with E-state index < -0.39 is 0 Å². The summed E-state index contributed by atoms with van der Waals surface area (Å²) in [4.78, 5) is 2.55. The number of likely N-dealkylation sites (tertiary alicyclic amines) is 1. The first-order valence-electron chi connectivity index (χ1n) is 8.66. The standard InChI is InChI=1S/C20H23ClN2O/c21-17-4-6-18(7-5-17)24-19-3-1-2-16(12-19)13-23-14-20(15-23)8-10-22-11-9-20/h1-7,12,22H,8-11,13-15H2. The average Bonchev–Trinajstić information content (AvgIpc) is 2.57. The molecule has 4 rings (SSSR count). The molecule has 0 amide bonds. The molecule has 2 fully saturated rings. The second-order valence-electron chi connectivity index (χ2n) is 7.10. The molecule has 2 aliphatic heterocycles. The number of hydrogen-bond acceptors (Lipinski definition) is 3. The normalized spacial score (nSPS) is 19.9. The summed E-state index contributed by atoms with van der Waals surface area (Å²) in [6.07, 6.45) is 2.65. The zero-order valence-electron chi connectivity index (χ0n) is 13.8. The van der Waals surface area contributed by atoms with Gasteiger partial charge in [-0.05, 0) is 73.3 Å². The zero-order chi connectivity index (χ0) is 16.4. The van der Waals surface area contributed by atoms with Crippen LogP contribution >= 0.6 is 11.6 Å². The van der Waals surface area contributed by atoms with Gasteiger partial charge in [-0.25, -0.2) is 0 Å². The van der Waals surface area contributed by atoms with Gasteiger partial charge in [-0.3, -0.25) is 4.90 Å². The highest BCUT2D eigenvalue weighted by molar-refractivity contribution is 6.30. The van der Waals surface area contributed by atoms with Crippen molar-refractivity contribution in [2.75, 3.05) is 26.2 Å². The molecule has 3 nitrogen and oxygen atoms in total. The maximum Gasteiger partial charge on any atom is 0.127 e. The monoisotopic (exact) mass is 342 g/mol. The lowest BCUT2D eigenvalue weighted by atomic mass is 9.72. The van der Waals surface area contributed by atoms with Crippen LogP contribution in [0.1, 0.15) is 18.4 Å². The predicted molar refractivity (Wildman–Crippen MR) is 97.8 cm³/mol. The number of halogens is 1. The van der Waals surface area contributed by atoms with Crippen molar-refractivity contribution in [3.8, 4) is 11.5 Å². The van der Waals surface area contributed by atoms with Gasteiger partial charge in [-0.15, -0.1) is 0 Å². The van der Waals surface area contributed by atoms with Crippen molar-refractivity contribution in [2.24, 2.45) is 5.41 Å². The predicted octanol–water partition coefficient (Wildman–Crippen LogP) is 4.32. The molecule has 2 aromatic carbocycles. The minimum Gasteiger partial charge on any atom is -0.457 e. The Morgan fingerprint density at radius 2 is 1.75 bits per heavy atom. The molecule has 0 bridgehead atoms. The summed E-state index contributed by atoms with van der Waals surface area (Å²) in [5, 5.41) is 4.19. The average molecular weight is 343 g/mol. The number of benzene rings is 2. The lowest BCUT2D eigenvalue weighted by Crippen LogP contribution is -2.59. The fraction of sp³-hybridized carbons (Fsp3) is 0.400. The van der Waals surface area contributed by atoms with E-state index in [1.807, 2.05) is 30.3 Å². The third-order valence-electron chi connectivity index (χ3n) is 5.14. The molecular weight excluding hydrogens is 320 g/mol. The summed E-state index contributed by atoms with van der Waals surface area (Å²) in [7, 11) is 0. The van der Waals surface area contributed by atoms with E-state index in [9.17, 15) is 0 Å². The molecule has 2 saturated heterocycles. The highest BCUT2D eigenvalue weighted by Crippen LogP contribution is 2.39. The zero-order valence-corrected chi connectivity index (χ0v) is 14.6. The van der Waals surface area contributed by atoms with Gasteiger partial charge in [0.15, 0.2) is 0 Å². The van der Waals surface area contributed by atoms with Crippen LogP contribution in [0.2, 0.25) is 5.02 Å². The summed E-state index contributed by atoms with van der Waals surface area (Å²) >= 11 is 5.92. The molecule has 2 aromatic rings. The summed E-state index contributed by atoms with van der Waals surface area (Å²) < 4.78 is 5.93. The first kappa shape index (κ1) is 15.9. The Morgan fingerprint density at radius 1 is 1.00 bits per heavy atom. The van der Waals surface area contributed by atoms with E-state index in [2.05, 4.69) is 28.4 Å². The lowest BCUT2D eigenvalue weighted by Gasteiger charge is -2.52. The first-order chi connectivity index (χ1) is 11.7. The van der Waals surface area contributed by atoms with Crippen molar-refractivity contribution in [2.45, 2.75) is 19.4 Å². The maximum atomic E-state index is 5.93. The lowest BCUT2D eigenvalue weighted by molar-refractivity contribution is -0.0282. The SMILES string of the molecule is Clc1ccc(Oc2cccc(CN3CC4(CCNCC4)C3)c2)cc1. The van der Waals surface area contributed by atoms with Crippen molar-refractivity contribution in [3.05, 3.63) is 59.1 Å². The van der Waals surface area contributed by atoms with Crippen molar-refractivity contribution in [1.82, 2.24) is 10.2 Å². The topological polar surface area (TPSA) is 24.5 Å². The van der Waals surface area contributed by atoms with Crippen LogP contribution in [0.4, 0.5) is 0 Å². The van der Waals surface area contributed by atoms with Gasteiger partial charge in [0.2, 0.25) is 0 Å². The van der Waals surface area contributed by atoms with E-state index in [-0.39, 0.29) is 0 Å². The third-order valence-corrected chi connectivity index (χ3v) is 5.39. The van der Waals surface area contributed by atoms with Crippen molar-refractivity contribution < 1.29 is 4.74 Å². The maximum absolute atomic E-state index is 5.93. The van der Waals surface area contributed by atoms with Crippen LogP contribution in [-0.4, -0.2) is 31.1 Å². The summed E-state index contributed by atoms with van der Waals surface area (Å²) in [6, 6.07) is 15.9. The molecule has 0 radical (unpaired) electrons. The van der Waals surface area contributed by atoms with Gasteiger partial charge in [0.05, 0.1) is 0 Å². The molecule has 1 spiro atoms. The minimum atomic E-state index is 0.586. The first-order valence-corrected chi connectivity index (χ1v) is 9.04. The summed E-state index contributed by atoms with van der Waals surface area (Å²) in [5.41, 5.74) is 1.90. The molecule has 0 aliphatic carbocycles. The van der Waals surface area contributed by atoms with Gasteiger partial charge in [-0.2, -0.15) is 0 Å². The molecular formula is C20H23ClN2O. The smallest absolute Gasteiger partial charge is 0.127 e. The Labute approximate surface area is 148 Å². The number of nitrogens with one attached hydrogen (secondary N) is 1. The highest BCUT2D eigenvalue weighted by Gasteiger charge is 2.42. The van der Waals surface area contributed by atoms with Crippen molar-refractivity contribution in [3.63, 3.8) is 0 Å². The van der Waals surface area contributed by atoms with Crippen LogP contribution in [0.5, 0.6) is 11.5 Å². The molecule has 126 valence electrons. The third kappa shape index (κ3) is 3.59. The Kier molecular flexibility index (Phi) is 4.49. The van der Waals surface area contributed by atoms with E-state index >= 15 is 0 Å². The van der Waals surface area contributed by atoms with Crippen LogP contribution in [0.15, 0.2) is 48.5 Å². The van der Waals surface area contributed by atoms with E-state index in [1.165, 1.54) is 44.6 Å². The molecule has 0 saturated carbocycles. The fourth-order valence-electron chi connectivity index (χ4n) is 3.89. The summed E-state index contributed by atoms with van der Waals surface area (Å²) in [5.74, 6) is 1.70. The van der Waals surface area contributed by atoms with Gasteiger partial charge >= 0.3 is 0 Å². The second-order valence-corrected chi connectivity index (χ2v) is 7.53. The largest absolute Gasteiger partial charge is 0.457 e. The molecule has 2 heterocycles. The van der Waals surface area contributed by atoms with Crippen LogP contribution in [0, 0.1) is 5.41 Å². The molecule has 2 aliphatic rings. The van der Waals surface area contributed by atoms with Crippen LogP contribution < -0.4 is 10.1 Å². The van der Waals surface area contributed by atoms with Gasteiger partial charge < -0.3 is 10.1 Å². The van der Waals surface area contributed by atoms with Crippen molar-refractivity contribution >= 4 is 11.6 Å². The Bertz CT molecular complexity index is 687. The number of rotatable bonds is 4. The second kappa shape index (κ2) is 6.75. The number of piperidine rings is 1. The molecule has 0 unspecified atom stereocenters. The van der Waals surface area contributed by atoms with Crippen LogP contribution in [0.3, 0.4) is 0 Å². The quantitative estimate of drug-likeness (QED) is 0.895. The number of nitrogens with zero attached hydrogens (tertiary/aromatic N) is 1. The van der Waals surface area contributed by atoms with Gasteiger partial charge in [0.1, 0.15) is 11.5 Å². The van der Waals surface area contributed by atoms with E-state index in [4.69, 9.17) is 16.3 Å². The molecule has 24 heavy (non-hydrogen) atoms. The Balaban J connectivity index is 1.36. The Hall–Kier alpha value is -1.55. The highest BCUT2D eigenvalue weighted by atomic mass is 35.5. The molecule has 1 N–H and O–H groups in total. The molecule has 0 atom stereocenters. The van der Waals surface area contributed by atoms with Gasteiger partial charge in [0, 0.05) is 24.7 Å². The van der Waals surface area contributed by atoms with Crippen LogP contribution in [-0.2, 0) is 6.54 Å². The summed E-state index contributed by atoms with van der Waals surface area (Å²) in [6.45, 7) is 5.83.